The molecule has 1 atom stereocenters. The number of nitrogens with zero attached hydrogens (tertiary/aromatic N) is 2. The Hall–Kier alpha value is -0.960. The summed E-state index contributed by atoms with van der Waals surface area (Å²) in [7, 11) is -3.11. The van der Waals surface area contributed by atoms with Gasteiger partial charge in [-0.15, -0.1) is 0 Å². The second kappa shape index (κ2) is 6.51. The summed E-state index contributed by atoms with van der Waals surface area (Å²) < 4.78 is 36.8. The Bertz CT molecular complexity index is 637. The molecule has 0 aromatic carbocycles. The number of aryl methyl sites for hydroxylation is 1. The van der Waals surface area contributed by atoms with Crippen molar-refractivity contribution in [1.82, 2.24) is 14.8 Å². The summed E-state index contributed by atoms with van der Waals surface area (Å²) in [6.07, 6.45) is 1.83. The molecular formula is C15H25N3O4S. The molecule has 3 heterocycles. The predicted molar refractivity (Wildman–Crippen MR) is 85.4 cm³/mol. The lowest BCUT2D eigenvalue weighted by atomic mass is 9.79. The van der Waals surface area contributed by atoms with E-state index in [1.165, 1.54) is 0 Å². The van der Waals surface area contributed by atoms with Gasteiger partial charge in [0, 0.05) is 38.9 Å². The molecule has 2 aliphatic rings. The minimum Gasteiger partial charge on any atom is -0.372 e. The quantitative estimate of drug-likeness (QED) is 0.792. The lowest BCUT2D eigenvalue weighted by Gasteiger charge is -2.50. The zero-order valence-electron chi connectivity index (χ0n) is 13.7. The lowest BCUT2D eigenvalue weighted by molar-refractivity contribution is -0.137. The molecule has 23 heavy (non-hydrogen) atoms. The molecule has 1 spiro atoms. The first kappa shape index (κ1) is 16.9. The third-order valence-electron chi connectivity index (χ3n) is 4.84. The van der Waals surface area contributed by atoms with Gasteiger partial charge < -0.3 is 9.26 Å². The van der Waals surface area contributed by atoms with Gasteiger partial charge in [-0.05, 0) is 32.6 Å². The highest BCUT2D eigenvalue weighted by molar-refractivity contribution is 7.89. The van der Waals surface area contributed by atoms with Gasteiger partial charge in [-0.2, -0.15) is 0 Å². The van der Waals surface area contributed by atoms with E-state index >= 15 is 0 Å². The predicted octanol–water partition coefficient (Wildman–Crippen LogP) is 0.903. The number of sulfonamides is 1. The van der Waals surface area contributed by atoms with Crippen LogP contribution < -0.4 is 4.72 Å². The zero-order valence-corrected chi connectivity index (χ0v) is 14.6. The van der Waals surface area contributed by atoms with Crippen molar-refractivity contribution >= 4 is 10.0 Å². The number of ether oxygens (including phenoxy) is 1. The Morgan fingerprint density at radius 2 is 2.26 bits per heavy atom. The first-order valence-corrected chi connectivity index (χ1v) is 9.83. The summed E-state index contributed by atoms with van der Waals surface area (Å²) >= 11 is 0. The SMILES string of the molecule is CCS(=O)(=O)NCC[C@H]1CCOC12CN(Cc1cc(C)on1)C2. The highest BCUT2D eigenvalue weighted by Crippen LogP contribution is 2.41. The summed E-state index contributed by atoms with van der Waals surface area (Å²) in [5.74, 6) is 1.37. The number of rotatable bonds is 7. The summed E-state index contributed by atoms with van der Waals surface area (Å²) in [6.45, 7) is 7.34. The average molecular weight is 343 g/mol. The Balaban J connectivity index is 1.48. The topological polar surface area (TPSA) is 84.7 Å². The van der Waals surface area contributed by atoms with Gasteiger partial charge in [-0.25, -0.2) is 13.1 Å². The zero-order chi connectivity index (χ0) is 16.5. The minimum absolute atomic E-state index is 0.101. The van der Waals surface area contributed by atoms with Crippen LogP contribution in [0.25, 0.3) is 0 Å². The Kier molecular flexibility index (Phi) is 4.78. The molecule has 2 aliphatic heterocycles. The second-order valence-corrected chi connectivity index (χ2v) is 8.65. The second-order valence-electron chi connectivity index (χ2n) is 6.56. The van der Waals surface area contributed by atoms with E-state index < -0.39 is 10.0 Å². The molecule has 2 fully saturated rings. The van der Waals surface area contributed by atoms with E-state index in [-0.39, 0.29) is 11.4 Å². The summed E-state index contributed by atoms with van der Waals surface area (Å²) in [5.41, 5.74) is 0.846. The molecule has 8 heteroatoms. The molecule has 7 nitrogen and oxygen atoms in total. The van der Waals surface area contributed by atoms with E-state index in [2.05, 4.69) is 14.8 Å². The number of likely N-dealkylation sites (tertiary alicyclic amines) is 1. The third kappa shape index (κ3) is 3.76. The Morgan fingerprint density at radius 3 is 2.91 bits per heavy atom. The van der Waals surface area contributed by atoms with Crippen LogP contribution in [0, 0.1) is 12.8 Å². The van der Waals surface area contributed by atoms with Crippen LogP contribution in [0.15, 0.2) is 10.6 Å². The van der Waals surface area contributed by atoms with E-state index in [0.29, 0.717) is 12.5 Å². The number of aromatic nitrogens is 1. The molecule has 0 amide bonds. The smallest absolute Gasteiger partial charge is 0.211 e. The molecule has 3 rings (SSSR count). The number of hydrogen-bond donors (Lipinski definition) is 1. The fourth-order valence-corrected chi connectivity index (χ4v) is 4.21. The fraction of sp³-hybridized carbons (Fsp3) is 0.800. The Morgan fingerprint density at radius 1 is 1.48 bits per heavy atom. The van der Waals surface area contributed by atoms with E-state index in [0.717, 1.165) is 50.5 Å². The van der Waals surface area contributed by atoms with Crippen molar-refractivity contribution in [2.24, 2.45) is 5.92 Å². The van der Waals surface area contributed by atoms with Gasteiger partial charge in [0.25, 0.3) is 0 Å². The maximum atomic E-state index is 11.5. The molecule has 1 aromatic rings. The van der Waals surface area contributed by atoms with Crippen LogP contribution in [0.5, 0.6) is 0 Å². The molecule has 1 N–H and O–H groups in total. The minimum atomic E-state index is -3.11. The van der Waals surface area contributed by atoms with Crippen LogP contribution in [0.3, 0.4) is 0 Å². The maximum Gasteiger partial charge on any atom is 0.211 e. The van der Waals surface area contributed by atoms with Crippen molar-refractivity contribution in [2.45, 2.75) is 38.8 Å². The monoisotopic (exact) mass is 343 g/mol. The molecule has 1 aromatic heterocycles. The highest BCUT2D eigenvalue weighted by Gasteiger charge is 2.52. The van der Waals surface area contributed by atoms with Gasteiger partial charge in [-0.3, -0.25) is 4.90 Å². The largest absolute Gasteiger partial charge is 0.372 e. The van der Waals surface area contributed by atoms with Crippen LogP contribution in [-0.4, -0.2) is 56.1 Å². The van der Waals surface area contributed by atoms with Crippen molar-refractivity contribution in [3.05, 3.63) is 17.5 Å². The molecular weight excluding hydrogens is 318 g/mol. The Labute approximate surface area is 137 Å². The number of hydrogen-bond acceptors (Lipinski definition) is 6. The van der Waals surface area contributed by atoms with Gasteiger partial charge in [0.15, 0.2) is 0 Å². The highest BCUT2D eigenvalue weighted by atomic mass is 32.2. The van der Waals surface area contributed by atoms with Crippen molar-refractivity contribution in [3.63, 3.8) is 0 Å². The van der Waals surface area contributed by atoms with E-state index in [9.17, 15) is 8.42 Å². The van der Waals surface area contributed by atoms with Crippen LogP contribution in [0.4, 0.5) is 0 Å². The molecule has 130 valence electrons. The normalized spacial score (nSPS) is 24.2. The molecule has 2 saturated heterocycles. The van der Waals surface area contributed by atoms with Gasteiger partial charge in [0.2, 0.25) is 10.0 Å². The van der Waals surface area contributed by atoms with Gasteiger partial charge in [0.05, 0.1) is 17.0 Å². The van der Waals surface area contributed by atoms with Crippen LogP contribution in [0.2, 0.25) is 0 Å². The van der Waals surface area contributed by atoms with E-state index in [1.807, 2.05) is 13.0 Å². The van der Waals surface area contributed by atoms with Gasteiger partial charge in [-0.1, -0.05) is 5.16 Å². The van der Waals surface area contributed by atoms with Crippen LogP contribution in [-0.2, 0) is 21.3 Å². The summed E-state index contributed by atoms with van der Waals surface area (Å²) in [6, 6.07) is 1.96. The maximum absolute atomic E-state index is 11.5. The van der Waals surface area contributed by atoms with Crippen molar-refractivity contribution < 1.29 is 17.7 Å². The third-order valence-corrected chi connectivity index (χ3v) is 6.24. The van der Waals surface area contributed by atoms with Gasteiger partial charge >= 0.3 is 0 Å². The molecule has 0 unspecified atom stereocenters. The first-order valence-electron chi connectivity index (χ1n) is 8.18. The average Bonchev–Trinajstić information content (AvgIpc) is 3.06. The molecule has 0 bridgehead atoms. The standard InChI is InChI=1S/C15H25N3O4S/c1-3-23(19,20)16-6-4-13-5-7-21-15(13)10-18(11-15)9-14-8-12(2)22-17-14/h8,13,16H,3-7,9-11H2,1-2H3/t13-/m0/s1. The molecule has 0 aliphatic carbocycles. The van der Waals surface area contributed by atoms with E-state index in [4.69, 9.17) is 9.26 Å². The fourth-order valence-electron chi connectivity index (χ4n) is 3.58. The lowest BCUT2D eigenvalue weighted by Crippen LogP contribution is -2.64. The van der Waals surface area contributed by atoms with Crippen LogP contribution in [0.1, 0.15) is 31.2 Å². The van der Waals surface area contributed by atoms with Gasteiger partial charge in [0.1, 0.15) is 5.76 Å². The van der Waals surface area contributed by atoms with Crippen molar-refractivity contribution in [3.8, 4) is 0 Å². The number of nitrogens with one attached hydrogen (secondary N) is 1. The van der Waals surface area contributed by atoms with Crippen molar-refractivity contribution in [2.75, 3.05) is 32.0 Å². The summed E-state index contributed by atoms with van der Waals surface area (Å²) in [4.78, 5) is 2.30. The molecule has 0 saturated carbocycles. The van der Waals surface area contributed by atoms with Crippen molar-refractivity contribution in [1.29, 1.82) is 0 Å². The summed E-state index contributed by atoms with van der Waals surface area (Å²) in [5, 5.41) is 4.02. The van der Waals surface area contributed by atoms with Crippen LogP contribution >= 0.6 is 0 Å². The first-order chi connectivity index (χ1) is 10.9. The molecule has 0 radical (unpaired) electrons. The van der Waals surface area contributed by atoms with E-state index in [1.54, 1.807) is 6.92 Å².